The highest BCUT2D eigenvalue weighted by Crippen LogP contribution is 2.38. The maximum absolute atomic E-state index is 12.8. The monoisotopic (exact) mass is 384 g/mol. The number of rotatable bonds is 5. The van der Waals surface area contributed by atoms with Crippen molar-refractivity contribution in [1.29, 1.82) is 0 Å². The van der Waals surface area contributed by atoms with Crippen LogP contribution in [0.3, 0.4) is 0 Å². The molecule has 0 unspecified atom stereocenters. The van der Waals surface area contributed by atoms with Crippen molar-refractivity contribution in [2.75, 3.05) is 23.9 Å². The van der Waals surface area contributed by atoms with Gasteiger partial charge in [0, 0.05) is 0 Å². The van der Waals surface area contributed by atoms with Gasteiger partial charge in [0.1, 0.15) is 18.0 Å². The van der Waals surface area contributed by atoms with E-state index < -0.39 is 23.4 Å². The number of nitrogens with one attached hydrogen (secondary N) is 1. The molecule has 0 atom stereocenters. The molecular formula is C20H20N2O6. The Balaban J connectivity index is 1.89. The van der Waals surface area contributed by atoms with Crippen LogP contribution in [-0.2, 0) is 9.59 Å². The topological polar surface area (TPSA) is 105 Å². The molecule has 2 N–H and O–H groups in total. The zero-order valence-electron chi connectivity index (χ0n) is 15.7. The molecule has 2 aromatic rings. The number of carboxylic acid groups (broad SMARTS) is 1. The quantitative estimate of drug-likeness (QED) is 0.821. The Morgan fingerprint density at radius 1 is 1.21 bits per heavy atom. The van der Waals surface area contributed by atoms with Crippen molar-refractivity contribution in [3.05, 3.63) is 48.0 Å². The van der Waals surface area contributed by atoms with Crippen molar-refractivity contribution in [1.82, 2.24) is 0 Å². The second-order valence-electron chi connectivity index (χ2n) is 6.74. The van der Waals surface area contributed by atoms with Crippen LogP contribution in [0.5, 0.6) is 11.5 Å². The lowest BCUT2D eigenvalue weighted by Gasteiger charge is -2.38. The number of anilines is 2. The van der Waals surface area contributed by atoms with E-state index >= 15 is 0 Å². The number of hydrogen-bond acceptors (Lipinski definition) is 5. The van der Waals surface area contributed by atoms with Crippen LogP contribution in [0.1, 0.15) is 24.2 Å². The number of amides is 2. The summed E-state index contributed by atoms with van der Waals surface area (Å²) in [5, 5.41) is 11.9. The van der Waals surface area contributed by atoms with Crippen molar-refractivity contribution in [2.24, 2.45) is 0 Å². The third kappa shape index (κ3) is 3.62. The van der Waals surface area contributed by atoms with E-state index in [1.807, 2.05) is 0 Å². The Morgan fingerprint density at radius 2 is 1.93 bits per heavy atom. The van der Waals surface area contributed by atoms with Crippen LogP contribution in [0.2, 0.25) is 0 Å². The maximum atomic E-state index is 12.8. The van der Waals surface area contributed by atoms with E-state index in [-0.39, 0.29) is 17.9 Å². The molecule has 2 aromatic carbocycles. The van der Waals surface area contributed by atoms with Gasteiger partial charge in [-0.2, -0.15) is 0 Å². The second-order valence-corrected chi connectivity index (χ2v) is 6.74. The van der Waals surface area contributed by atoms with Crippen LogP contribution in [0.4, 0.5) is 11.4 Å². The van der Waals surface area contributed by atoms with Gasteiger partial charge in [-0.1, -0.05) is 12.1 Å². The van der Waals surface area contributed by atoms with Gasteiger partial charge >= 0.3 is 5.97 Å². The summed E-state index contributed by atoms with van der Waals surface area (Å²) in [6.07, 6.45) is 0. The minimum atomic E-state index is -1.24. The van der Waals surface area contributed by atoms with Gasteiger partial charge in [0.2, 0.25) is 5.91 Å². The summed E-state index contributed by atoms with van der Waals surface area (Å²) >= 11 is 0. The van der Waals surface area contributed by atoms with E-state index in [4.69, 9.17) is 9.47 Å². The Labute approximate surface area is 161 Å². The number of hydrogen-bond donors (Lipinski definition) is 2. The summed E-state index contributed by atoms with van der Waals surface area (Å²) < 4.78 is 10.9. The van der Waals surface area contributed by atoms with E-state index in [2.05, 4.69) is 5.32 Å². The minimum Gasteiger partial charge on any atom is -0.495 e. The Morgan fingerprint density at radius 3 is 2.61 bits per heavy atom. The van der Waals surface area contributed by atoms with E-state index in [9.17, 15) is 19.5 Å². The first-order valence-corrected chi connectivity index (χ1v) is 8.54. The molecule has 28 heavy (non-hydrogen) atoms. The average molecular weight is 384 g/mol. The van der Waals surface area contributed by atoms with Gasteiger partial charge in [0.15, 0.2) is 5.60 Å². The lowest BCUT2D eigenvalue weighted by molar-refractivity contribution is -0.133. The molecule has 8 heteroatoms. The molecule has 0 bridgehead atoms. The highest BCUT2D eigenvalue weighted by atomic mass is 16.5. The highest BCUT2D eigenvalue weighted by Gasteiger charge is 2.41. The van der Waals surface area contributed by atoms with Gasteiger partial charge in [-0.15, -0.1) is 0 Å². The molecule has 0 radical (unpaired) electrons. The minimum absolute atomic E-state index is 0.0299. The van der Waals surface area contributed by atoms with E-state index in [1.165, 1.54) is 30.2 Å². The van der Waals surface area contributed by atoms with Crippen molar-refractivity contribution < 1.29 is 29.0 Å². The summed E-state index contributed by atoms with van der Waals surface area (Å²) in [7, 11) is 1.50. The molecule has 0 aliphatic carbocycles. The van der Waals surface area contributed by atoms with Gasteiger partial charge in [-0.05, 0) is 44.2 Å². The number of carboxylic acids is 1. The van der Waals surface area contributed by atoms with Crippen LogP contribution < -0.4 is 19.7 Å². The molecule has 0 fully saturated rings. The smallest absolute Gasteiger partial charge is 0.335 e. The summed E-state index contributed by atoms with van der Waals surface area (Å²) in [5.74, 6) is -1.21. The van der Waals surface area contributed by atoms with Crippen molar-refractivity contribution in [2.45, 2.75) is 19.4 Å². The maximum Gasteiger partial charge on any atom is 0.335 e. The number of carbonyl (C=O) groups is 3. The fraction of sp³-hybridized carbons (Fsp3) is 0.250. The lowest BCUT2D eigenvalue weighted by Crippen LogP contribution is -2.54. The number of fused-ring (bicyclic) bond motifs is 1. The SMILES string of the molecule is COc1ccccc1NC(=O)CN1C(=O)C(C)(C)Oc2cc(C(=O)O)ccc21. The normalized spacial score (nSPS) is 14.7. The third-order valence-corrected chi connectivity index (χ3v) is 4.31. The van der Waals surface area contributed by atoms with Crippen LogP contribution in [0.15, 0.2) is 42.5 Å². The zero-order chi connectivity index (χ0) is 20.5. The van der Waals surface area contributed by atoms with Gasteiger partial charge in [0.05, 0.1) is 24.0 Å². The van der Waals surface area contributed by atoms with Crippen LogP contribution in [0, 0.1) is 0 Å². The first-order valence-electron chi connectivity index (χ1n) is 8.54. The summed E-state index contributed by atoms with van der Waals surface area (Å²) in [4.78, 5) is 37.9. The number of benzene rings is 2. The van der Waals surface area contributed by atoms with E-state index in [0.29, 0.717) is 17.1 Å². The number of para-hydroxylation sites is 2. The first-order chi connectivity index (χ1) is 13.2. The number of carbonyl (C=O) groups excluding carboxylic acids is 2. The second kappa shape index (κ2) is 7.22. The van der Waals surface area contributed by atoms with Crippen molar-refractivity contribution in [3.8, 4) is 11.5 Å². The molecule has 1 aliphatic rings. The number of methoxy groups -OCH3 is 1. The standard InChI is InChI=1S/C20H20N2O6/c1-20(2)19(26)22(14-9-8-12(18(24)25)10-16(14)28-20)11-17(23)21-13-6-4-5-7-15(13)27-3/h4-10H,11H2,1-3H3,(H,21,23)(H,24,25). The molecular weight excluding hydrogens is 364 g/mol. The van der Waals surface area contributed by atoms with Gasteiger partial charge in [-0.25, -0.2) is 4.79 Å². The Kier molecular flexibility index (Phi) is 4.96. The van der Waals surface area contributed by atoms with Gasteiger partial charge in [0.25, 0.3) is 5.91 Å². The van der Waals surface area contributed by atoms with E-state index in [1.54, 1.807) is 38.1 Å². The average Bonchev–Trinajstić information content (AvgIpc) is 2.65. The molecule has 146 valence electrons. The van der Waals surface area contributed by atoms with Crippen molar-refractivity contribution >= 4 is 29.2 Å². The molecule has 2 amide bonds. The molecule has 0 spiro atoms. The predicted octanol–water partition coefficient (Wildman–Crippen LogP) is 2.54. The number of nitrogens with zero attached hydrogens (tertiary/aromatic N) is 1. The predicted molar refractivity (Wildman–Crippen MR) is 102 cm³/mol. The molecule has 0 aromatic heterocycles. The van der Waals surface area contributed by atoms with Gasteiger partial charge < -0.3 is 19.9 Å². The van der Waals surface area contributed by atoms with Gasteiger partial charge in [-0.3, -0.25) is 14.5 Å². The summed E-state index contributed by atoms with van der Waals surface area (Å²) in [6.45, 7) is 2.87. The number of ether oxygens (including phenoxy) is 2. The Hall–Kier alpha value is -3.55. The third-order valence-electron chi connectivity index (χ3n) is 4.31. The highest BCUT2D eigenvalue weighted by molar-refractivity contribution is 6.08. The summed E-state index contributed by atoms with van der Waals surface area (Å²) in [6, 6.07) is 11.1. The zero-order valence-corrected chi connectivity index (χ0v) is 15.7. The van der Waals surface area contributed by atoms with E-state index in [0.717, 1.165) is 0 Å². The fourth-order valence-corrected chi connectivity index (χ4v) is 2.94. The molecule has 3 rings (SSSR count). The number of aromatic carboxylic acids is 1. The largest absolute Gasteiger partial charge is 0.495 e. The molecule has 0 saturated heterocycles. The summed E-state index contributed by atoms with van der Waals surface area (Å²) in [5.41, 5.74) is -0.391. The fourth-order valence-electron chi connectivity index (χ4n) is 2.94. The van der Waals surface area contributed by atoms with Crippen LogP contribution in [0.25, 0.3) is 0 Å². The molecule has 0 saturated carbocycles. The molecule has 1 heterocycles. The molecule has 1 aliphatic heterocycles. The first kappa shape index (κ1) is 19.2. The lowest BCUT2D eigenvalue weighted by atomic mass is 10.0. The Bertz CT molecular complexity index is 953. The van der Waals surface area contributed by atoms with Crippen LogP contribution >= 0.6 is 0 Å². The van der Waals surface area contributed by atoms with Crippen molar-refractivity contribution in [3.63, 3.8) is 0 Å². The van der Waals surface area contributed by atoms with Crippen LogP contribution in [-0.4, -0.2) is 42.1 Å². The molecule has 8 nitrogen and oxygen atoms in total.